The Morgan fingerprint density at radius 2 is 1.30 bits per heavy atom. The maximum Gasteiger partial charge on any atom is 0.519 e. The minimum atomic E-state index is -1.63. The summed E-state index contributed by atoms with van der Waals surface area (Å²) in [4.78, 5) is 0. The highest BCUT2D eigenvalue weighted by molar-refractivity contribution is 6.93. The van der Waals surface area contributed by atoms with Crippen LogP contribution >= 0.6 is 0 Å². The van der Waals surface area contributed by atoms with E-state index in [9.17, 15) is 0 Å². The number of fused-ring (bicyclic) bond motifs is 2. The summed E-state index contributed by atoms with van der Waals surface area (Å²) in [6.45, 7) is 30.1. The summed E-state index contributed by atoms with van der Waals surface area (Å²) in [6.07, 6.45) is 0.439. The molecule has 0 spiro atoms. The van der Waals surface area contributed by atoms with Gasteiger partial charge in [0.2, 0.25) is 0 Å². The van der Waals surface area contributed by atoms with Crippen molar-refractivity contribution in [1.82, 2.24) is 4.48 Å². The van der Waals surface area contributed by atoms with Crippen molar-refractivity contribution in [2.24, 2.45) is 0 Å². The van der Waals surface area contributed by atoms with E-state index in [1.807, 2.05) is 0 Å². The largest absolute Gasteiger partial charge is 0.519 e. The van der Waals surface area contributed by atoms with Crippen molar-refractivity contribution >= 4 is 33.8 Å². The lowest BCUT2D eigenvalue weighted by molar-refractivity contribution is -0.330. The van der Waals surface area contributed by atoms with Crippen LogP contribution in [0.4, 0.5) is 0 Å². The molecule has 0 fully saturated rings. The van der Waals surface area contributed by atoms with Crippen LogP contribution in [-0.4, -0.2) is 37.2 Å². The zero-order valence-corrected chi connectivity index (χ0v) is 25.4. The topological polar surface area (TPSA) is 7.94 Å². The van der Waals surface area contributed by atoms with E-state index in [1.165, 1.54) is 50.6 Å². The number of nitrogens with zero attached hydrogens (tertiary/aromatic N) is 2. The van der Waals surface area contributed by atoms with Gasteiger partial charge in [0.15, 0.2) is 5.70 Å². The Balaban J connectivity index is 2.65. The zero-order valence-electron chi connectivity index (χ0n) is 23.4. The fourth-order valence-corrected chi connectivity index (χ4v) is 7.14. The van der Waals surface area contributed by atoms with Gasteiger partial charge in [-0.3, -0.25) is 0 Å². The number of hydrogen-bond donors (Lipinski definition) is 0. The first-order valence-electron chi connectivity index (χ1n) is 12.6. The second kappa shape index (κ2) is 8.37. The van der Waals surface area contributed by atoms with Crippen LogP contribution in [0.15, 0.2) is 16.8 Å². The number of rotatable bonds is 2. The molecule has 0 atom stereocenters. The van der Waals surface area contributed by atoms with Gasteiger partial charge in [-0.05, 0) is 57.4 Å². The van der Waals surface area contributed by atoms with Crippen LogP contribution in [0.1, 0.15) is 63.6 Å². The lowest BCUT2D eigenvalue weighted by Gasteiger charge is -2.39. The van der Waals surface area contributed by atoms with Crippen LogP contribution in [0.25, 0.3) is 5.57 Å². The summed E-state index contributed by atoms with van der Waals surface area (Å²) in [5.74, 6) is 7.85. The molecular formula is C28H43BN2Si2. The second-order valence-electron chi connectivity index (χ2n) is 12.0. The van der Waals surface area contributed by atoms with Gasteiger partial charge < -0.3 is 8.96 Å². The van der Waals surface area contributed by atoms with Crippen molar-refractivity contribution in [1.29, 1.82) is 0 Å². The van der Waals surface area contributed by atoms with Gasteiger partial charge in [0.05, 0.1) is 0 Å². The molecule has 0 radical (unpaired) electrons. The van der Waals surface area contributed by atoms with Gasteiger partial charge in [0.25, 0.3) is 0 Å². The van der Waals surface area contributed by atoms with E-state index >= 15 is 0 Å². The molecular weight excluding hydrogens is 431 g/mol. The summed E-state index contributed by atoms with van der Waals surface area (Å²) in [5.41, 5.74) is 20.1. The molecule has 0 N–H and O–H groups in total. The van der Waals surface area contributed by atoms with Gasteiger partial charge in [0.1, 0.15) is 21.9 Å². The Kier molecular flexibility index (Phi) is 6.51. The molecule has 0 bridgehead atoms. The molecule has 3 heterocycles. The van der Waals surface area contributed by atoms with Gasteiger partial charge in [-0.2, -0.15) is 22.7 Å². The van der Waals surface area contributed by atoms with Gasteiger partial charge in [-0.1, -0.05) is 53.1 Å². The molecule has 0 saturated heterocycles. The lowest BCUT2D eigenvalue weighted by atomic mass is 9.45. The van der Waals surface area contributed by atoms with Crippen molar-refractivity contribution in [3.63, 3.8) is 0 Å². The number of aromatic nitrogens is 1. The van der Waals surface area contributed by atoms with Crippen LogP contribution in [-0.2, 0) is 6.42 Å². The zero-order chi connectivity index (χ0) is 25.1. The quantitative estimate of drug-likeness (QED) is 0.331. The predicted octanol–water partition coefficient (Wildman–Crippen LogP) is 6.76. The summed E-state index contributed by atoms with van der Waals surface area (Å²) in [7, 11) is -3.25. The summed E-state index contributed by atoms with van der Waals surface area (Å²) in [5, 5.41) is 0. The third kappa shape index (κ3) is 4.09. The molecule has 0 aromatic carbocycles. The van der Waals surface area contributed by atoms with Crippen LogP contribution in [0, 0.1) is 36.6 Å². The van der Waals surface area contributed by atoms with Gasteiger partial charge in [0, 0.05) is 29.3 Å². The van der Waals surface area contributed by atoms with Gasteiger partial charge >= 0.3 is 6.42 Å². The Bertz CT molecular complexity index is 1220. The molecule has 0 amide bonds. The summed E-state index contributed by atoms with van der Waals surface area (Å²) in [6, 6.07) is 0. The molecule has 33 heavy (non-hydrogen) atoms. The fraction of sp³-hybridized carbons (Fsp3) is 0.536. The highest BCUT2D eigenvalue weighted by Gasteiger charge is 2.51. The van der Waals surface area contributed by atoms with Crippen LogP contribution < -0.4 is 0 Å². The Morgan fingerprint density at radius 3 is 1.73 bits per heavy atom. The predicted molar refractivity (Wildman–Crippen MR) is 153 cm³/mol. The number of allylic oxidation sites excluding steroid dienone is 3. The monoisotopic (exact) mass is 474 g/mol. The molecule has 2 aliphatic heterocycles. The highest BCUT2D eigenvalue weighted by atomic mass is 28.3. The molecule has 5 heteroatoms. The van der Waals surface area contributed by atoms with Crippen molar-refractivity contribution in [3.8, 4) is 22.7 Å². The van der Waals surface area contributed by atoms with E-state index in [-0.39, 0.29) is 0 Å². The average Bonchev–Trinajstić information content (AvgIpc) is 3.11. The molecule has 1 aromatic heterocycles. The average molecular weight is 475 g/mol. The normalized spacial score (nSPS) is 17.5. The van der Waals surface area contributed by atoms with E-state index < -0.39 is 22.6 Å². The Morgan fingerprint density at radius 1 is 0.788 bits per heavy atom. The van der Waals surface area contributed by atoms with Crippen molar-refractivity contribution < 1.29 is 4.49 Å². The lowest BCUT2D eigenvalue weighted by Crippen LogP contribution is -2.57. The SMILES string of the molecule is CCC1=C(C)C2=C(C)c3c(C)c(CC)c(C)n3[B-](C#C[Si](C)(C)C)(C#C[Si](C)(C)C)[N+]2=C1C. The second-order valence-corrected chi connectivity index (χ2v) is 21.5. The smallest absolute Gasteiger partial charge is 0.435 e. The molecule has 0 unspecified atom stereocenters. The first-order valence-corrected chi connectivity index (χ1v) is 19.6. The Labute approximate surface area is 205 Å². The van der Waals surface area contributed by atoms with Crippen LogP contribution in [0.3, 0.4) is 0 Å². The van der Waals surface area contributed by atoms with Crippen molar-refractivity contribution in [3.05, 3.63) is 39.4 Å². The van der Waals surface area contributed by atoms with Gasteiger partial charge in [-0.25, -0.2) is 0 Å². The van der Waals surface area contributed by atoms with E-state index in [1.54, 1.807) is 0 Å². The van der Waals surface area contributed by atoms with E-state index in [0.717, 1.165) is 12.8 Å². The number of hydrogen-bond acceptors (Lipinski definition) is 0. The summed E-state index contributed by atoms with van der Waals surface area (Å²) < 4.78 is 5.14. The standard InChI is InChI=1S/C28H43BN2Si2/c1-14-25-20(3)27-22(5)28-21(4)26(15-2)24(7)31(28)29(30(27)23(25)6,16-18-32(8,9)10)17-19-33(11,12)13/h14-15H2,1-13H3. The van der Waals surface area contributed by atoms with Gasteiger partial charge in [-0.15, -0.1) is 0 Å². The van der Waals surface area contributed by atoms with Crippen LogP contribution in [0.5, 0.6) is 0 Å². The highest BCUT2D eigenvalue weighted by Crippen LogP contribution is 2.43. The van der Waals surface area contributed by atoms with E-state index in [4.69, 9.17) is 0 Å². The first-order chi connectivity index (χ1) is 15.1. The third-order valence-corrected chi connectivity index (χ3v) is 8.94. The van der Waals surface area contributed by atoms with Crippen molar-refractivity contribution in [2.75, 3.05) is 0 Å². The molecule has 176 valence electrons. The van der Waals surface area contributed by atoms with E-state index in [0.29, 0.717) is 0 Å². The summed E-state index contributed by atoms with van der Waals surface area (Å²) >= 11 is 0. The minimum absolute atomic E-state index is 1.03. The minimum Gasteiger partial charge on any atom is -0.435 e. The fourth-order valence-electron chi connectivity index (χ4n) is 5.87. The molecule has 0 aliphatic carbocycles. The molecule has 1 aromatic rings. The van der Waals surface area contributed by atoms with Crippen molar-refractivity contribution in [2.45, 2.75) is 101 Å². The molecule has 2 nitrogen and oxygen atoms in total. The molecule has 3 rings (SSSR count). The van der Waals surface area contributed by atoms with Crippen LogP contribution in [0.2, 0.25) is 39.3 Å². The molecule has 0 saturated carbocycles. The maximum absolute atomic E-state index is 3.93. The first kappa shape index (κ1) is 25.7. The molecule has 2 aliphatic rings. The maximum atomic E-state index is 3.93. The third-order valence-electron chi connectivity index (χ3n) is 7.16. The Hall–Kier alpha value is -1.95. The van der Waals surface area contributed by atoms with E-state index in [2.05, 4.69) is 119 Å².